The number of hydrogen-bond acceptors (Lipinski definition) is 3. The van der Waals surface area contributed by atoms with Crippen LogP contribution in [0.25, 0.3) is 0 Å². The zero-order valence-corrected chi connectivity index (χ0v) is 19.0. The Morgan fingerprint density at radius 1 is 1.03 bits per heavy atom. The number of ether oxygens (including phenoxy) is 1. The minimum atomic E-state index is -0.750. The zero-order valence-electron chi connectivity index (χ0n) is 19.0. The van der Waals surface area contributed by atoms with Crippen LogP contribution in [0.5, 0.6) is 5.75 Å². The van der Waals surface area contributed by atoms with Crippen molar-refractivity contribution in [2.24, 2.45) is 0 Å². The Labute approximate surface area is 193 Å². The lowest BCUT2D eigenvalue weighted by Crippen LogP contribution is -2.42. The summed E-state index contributed by atoms with van der Waals surface area (Å²) in [5.74, 6) is 0.251. The third kappa shape index (κ3) is 5.12. The monoisotopic (exact) mass is 442 g/mol. The molecular weight excluding hydrogens is 414 g/mol. The van der Waals surface area contributed by atoms with Crippen LogP contribution in [0.3, 0.4) is 0 Å². The maximum Gasteiger partial charge on any atom is 0.304 e. The molecule has 0 aliphatic carbocycles. The molecule has 3 aromatic carbocycles. The van der Waals surface area contributed by atoms with Crippen molar-refractivity contribution >= 4 is 18.0 Å². The smallest absolute Gasteiger partial charge is 0.304 e. The minimum absolute atomic E-state index is 0.260. The number of hydrazine groups is 1. The summed E-state index contributed by atoms with van der Waals surface area (Å²) >= 11 is 0. The van der Waals surface area contributed by atoms with E-state index in [-0.39, 0.29) is 11.8 Å². The molecule has 2 amide bonds. The lowest BCUT2D eigenvalue weighted by Gasteiger charge is -2.15. The molecular formula is C27H28N3O3+. The van der Waals surface area contributed by atoms with Crippen molar-refractivity contribution in [1.29, 1.82) is 0 Å². The second kappa shape index (κ2) is 9.69. The van der Waals surface area contributed by atoms with Gasteiger partial charge in [-0.1, -0.05) is 47.5 Å². The fourth-order valence-electron chi connectivity index (χ4n) is 3.93. The van der Waals surface area contributed by atoms with Gasteiger partial charge in [0.05, 0.1) is 6.61 Å². The van der Waals surface area contributed by atoms with E-state index in [1.54, 1.807) is 10.8 Å². The van der Waals surface area contributed by atoms with Crippen molar-refractivity contribution in [1.82, 2.24) is 10.7 Å². The molecule has 33 heavy (non-hydrogen) atoms. The molecule has 1 saturated heterocycles. The van der Waals surface area contributed by atoms with Crippen molar-refractivity contribution < 1.29 is 19.0 Å². The van der Waals surface area contributed by atoms with Gasteiger partial charge in [0.1, 0.15) is 5.75 Å². The minimum Gasteiger partial charge on any atom is -0.494 e. The summed E-state index contributed by atoms with van der Waals surface area (Å²) in [5, 5.41) is 2.94. The quantitative estimate of drug-likeness (QED) is 0.572. The van der Waals surface area contributed by atoms with Crippen molar-refractivity contribution in [3.8, 4) is 5.75 Å². The van der Waals surface area contributed by atoms with Gasteiger partial charge in [-0.15, -0.1) is 10.1 Å². The molecule has 168 valence electrons. The van der Waals surface area contributed by atoms with Crippen LogP contribution in [0.1, 0.15) is 45.6 Å². The lowest BCUT2D eigenvalue weighted by molar-refractivity contribution is -0.596. The maximum atomic E-state index is 13.0. The van der Waals surface area contributed by atoms with E-state index in [0.717, 1.165) is 28.0 Å². The number of nitrogens with one attached hydrogen (secondary N) is 2. The molecule has 0 bridgehead atoms. The van der Waals surface area contributed by atoms with E-state index in [4.69, 9.17) is 4.74 Å². The molecule has 6 nitrogen and oxygen atoms in total. The summed E-state index contributed by atoms with van der Waals surface area (Å²) in [6.45, 7) is 6.49. The van der Waals surface area contributed by atoms with Crippen LogP contribution in [-0.4, -0.2) is 35.4 Å². The molecule has 0 unspecified atom stereocenters. The molecule has 2 N–H and O–H groups in total. The van der Waals surface area contributed by atoms with Crippen LogP contribution in [-0.2, 0) is 4.79 Å². The van der Waals surface area contributed by atoms with E-state index >= 15 is 0 Å². The predicted octanol–water partition coefficient (Wildman–Crippen LogP) is 3.72. The summed E-state index contributed by atoms with van der Waals surface area (Å²) in [4.78, 5) is 26.0. The van der Waals surface area contributed by atoms with E-state index in [1.807, 2.05) is 93.7 Å². The molecule has 1 aliphatic rings. The fraction of sp³-hybridized carbons (Fsp3) is 0.222. The highest BCUT2D eigenvalue weighted by Crippen LogP contribution is 2.26. The molecule has 3 aromatic rings. The lowest BCUT2D eigenvalue weighted by atomic mass is 9.98. The number of nitrogens with zero attached hydrogens (tertiary/aromatic N) is 1. The molecule has 0 radical (unpaired) electrons. The molecule has 2 atom stereocenters. The van der Waals surface area contributed by atoms with Gasteiger partial charge in [-0.3, -0.25) is 9.59 Å². The Balaban J connectivity index is 1.67. The third-order valence-electron chi connectivity index (χ3n) is 5.60. The number of hydrazone groups is 1. The van der Waals surface area contributed by atoms with E-state index in [0.29, 0.717) is 12.2 Å². The van der Waals surface area contributed by atoms with E-state index in [1.165, 1.54) is 0 Å². The summed E-state index contributed by atoms with van der Waals surface area (Å²) < 4.78 is 7.28. The predicted molar refractivity (Wildman–Crippen MR) is 128 cm³/mol. The van der Waals surface area contributed by atoms with E-state index in [9.17, 15) is 9.59 Å². The number of carbonyl (C=O) groups excluding carboxylic acids is 2. The number of carbonyl (C=O) groups is 2. The van der Waals surface area contributed by atoms with Gasteiger partial charge in [-0.2, -0.15) is 0 Å². The number of amides is 2. The Kier molecular flexibility index (Phi) is 6.54. The number of aryl methyl sites for hydroxylation is 2. The first-order valence-corrected chi connectivity index (χ1v) is 11.1. The highest BCUT2D eigenvalue weighted by atomic mass is 16.5. The highest BCUT2D eigenvalue weighted by molar-refractivity contribution is 5.98. The Hall–Kier alpha value is -3.93. The first-order valence-electron chi connectivity index (χ1n) is 11.1. The van der Waals surface area contributed by atoms with Crippen molar-refractivity contribution in [3.05, 3.63) is 101 Å². The van der Waals surface area contributed by atoms with Gasteiger partial charge >= 0.3 is 5.91 Å². The van der Waals surface area contributed by atoms with Crippen molar-refractivity contribution in [2.45, 2.75) is 32.9 Å². The van der Waals surface area contributed by atoms with Crippen molar-refractivity contribution in [2.75, 3.05) is 6.61 Å². The molecule has 0 aromatic heterocycles. The van der Waals surface area contributed by atoms with Gasteiger partial charge in [0.25, 0.3) is 5.91 Å². The van der Waals surface area contributed by atoms with Crippen molar-refractivity contribution in [3.63, 3.8) is 0 Å². The Bertz CT molecular complexity index is 1180. The van der Waals surface area contributed by atoms with Crippen LogP contribution in [0.4, 0.5) is 0 Å². The summed E-state index contributed by atoms with van der Waals surface area (Å²) in [6.07, 6.45) is 1.87. The highest BCUT2D eigenvalue weighted by Gasteiger charge is 2.47. The molecule has 1 heterocycles. The average molecular weight is 443 g/mol. The average Bonchev–Trinajstić information content (AvgIpc) is 3.10. The van der Waals surface area contributed by atoms with Crippen LogP contribution in [0.15, 0.2) is 72.8 Å². The van der Waals surface area contributed by atoms with E-state index in [2.05, 4.69) is 10.7 Å². The molecule has 1 aliphatic heterocycles. The van der Waals surface area contributed by atoms with Crippen LogP contribution in [0, 0.1) is 13.8 Å². The van der Waals surface area contributed by atoms with Gasteiger partial charge in [0, 0.05) is 16.7 Å². The second-order valence-electron chi connectivity index (χ2n) is 8.19. The summed E-state index contributed by atoms with van der Waals surface area (Å²) in [6, 6.07) is 21.8. The van der Waals surface area contributed by atoms with Crippen LogP contribution in [0.2, 0.25) is 0 Å². The molecule has 1 fully saturated rings. The zero-order chi connectivity index (χ0) is 23.4. The van der Waals surface area contributed by atoms with Crippen LogP contribution >= 0.6 is 0 Å². The normalized spacial score (nSPS) is 18.8. The third-order valence-corrected chi connectivity index (χ3v) is 5.60. The molecule has 6 heteroatoms. The van der Waals surface area contributed by atoms with Gasteiger partial charge < -0.3 is 10.1 Å². The number of benzene rings is 3. The molecule has 4 rings (SSSR count). The second-order valence-corrected chi connectivity index (χ2v) is 8.19. The maximum absolute atomic E-state index is 13.0. The van der Waals surface area contributed by atoms with Crippen LogP contribution < -0.4 is 15.5 Å². The number of rotatable bonds is 6. The summed E-state index contributed by atoms with van der Waals surface area (Å²) in [5.41, 5.74) is 7.38. The SMILES string of the molecule is CCOc1ccc(/C=[N+]2\NC(=O)[C@H](NC(=O)c3cccc(C)c3)[C@@H]2c2ccc(C)cc2)cc1. The first kappa shape index (κ1) is 22.3. The van der Waals surface area contributed by atoms with Gasteiger partial charge in [0.2, 0.25) is 12.3 Å². The standard InChI is InChI=1S/C27H27N3O3/c1-4-33-23-14-10-20(11-15-23)17-30-25(21-12-8-18(2)9-13-21)24(27(32)29-30)28-26(31)22-7-5-6-19(3)16-22/h5-17,24-25H,4H2,1-3H3,(H-,28,29,31,32)/p+1/b30-17-/t24-,25+/m1/s1. The summed E-state index contributed by atoms with van der Waals surface area (Å²) in [7, 11) is 0. The molecule has 0 spiro atoms. The number of hydrogen-bond donors (Lipinski definition) is 2. The van der Waals surface area contributed by atoms with Gasteiger partial charge in [-0.05, 0) is 57.2 Å². The van der Waals surface area contributed by atoms with Gasteiger partial charge in [0.15, 0.2) is 6.04 Å². The van der Waals surface area contributed by atoms with E-state index < -0.39 is 12.1 Å². The van der Waals surface area contributed by atoms with Gasteiger partial charge in [-0.25, -0.2) is 0 Å². The molecule has 0 saturated carbocycles. The fourth-order valence-corrected chi connectivity index (χ4v) is 3.93. The Morgan fingerprint density at radius 2 is 1.76 bits per heavy atom. The topological polar surface area (TPSA) is 70.4 Å². The Morgan fingerprint density at radius 3 is 2.42 bits per heavy atom. The largest absolute Gasteiger partial charge is 0.494 e. The first-order chi connectivity index (χ1) is 15.9.